The van der Waals surface area contributed by atoms with Crippen LogP contribution in [0.1, 0.15) is 12.0 Å². The van der Waals surface area contributed by atoms with Crippen molar-refractivity contribution >= 4 is 10.2 Å². The minimum absolute atomic E-state index is 0.277. The number of methoxy groups -OCH3 is 1. The number of hydroxylamine groups is 1. The molecule has 0 aromatic heterocycles. The summed E-state index contributed by atoms with van der Waals surface area (Å²) >= 11 is 0. The molecule has 1 aromatic rings. The van der Waals surface area contributed by atoms with Crippen LogP contribution in [0.15, 0.2) is 24.3 Å². The average molecular weight is 286 g/mol. The third kappa shape index (κ3) is 3.24. The summed E-state index contributed by atoms with van der Waals surface area (Å²) in [7, 11) is -0.434. The second-order valence-corrected chi connectivity index (χ2v) is 6.25. The van der Waals surface area contributed by atoms with Crippen molar-refractivity contribution in [2.75, 3.05) is 27.3 Å². The number of hydrogen-bond donors (Lipinski definition) is 0. The van der Waals surface area contributed by atoms with E-state index in [1.807, 2.05) is 24.3 Å². The standard InChI is InChI=1S/C12H18N2O4S/c1-13(19(15,16)14-7-4-8-18-14)10-11-5-3-6-12(9-11)17-2/h3,5-6,9H,4,7-8,10H2,1-2H3. The van der Waals surface area contributed by atoms with Gasteiger partial charge in [0.25, 0.3) is 0 Å². The summed E-state index contributed by atoms with van der Waals surface area (Å²) in [5, 5.41) is 0. The topological polar surface area (TPSA) is 59.1 Å². The largest absolute Gasteiger partial charge is 0.497 e. The average Bonchev–Trinajstić information content (AvgIpc) is 2.93. The molecule has 106 valence electrons. The highest BCUT2D eigenvalue weighted by Crippen LogP contribution is 2.18. The Morgan fingerprint density at radius 3 is 2.89 bits per heavy atom. The highest BCUT2D eigenvalue weighted by atomic mass is 32.2. The number of rotatable bonds is 5. The lowest BCUT2D eigenvalue weighted by molar-refractivity contribution is -0.0335. The third-order valence-corrected chi connectivity index (χ3v) is 4.63. The van der Waals surface area contributed by atoms with Gasteiger partial charge >= 0.3 is 10.2 Å². The zero-order chi connectivity index (χ0) is 13.9. The first-order valence-electron chi connectivity index (χ1n) is 6.04. The van der Waals surface area contributed by atoms with E-state index in [1.54, 1.807) is 7.11 Å². The van der Waals surface area contributed by atoms with Gasteiger partial charge in [-0.2, -0.15) is 12.7 Å². The van der Waals surface area contributed by atoms with Crippen LogP contribution in [0.25, 0.3) is 0 Å². The Bertz CT molecular complexity index is 526. The van der Waals surface area contributed by atoms with Crippen LogP contribution >= 0.6 is 0 Å². The maximum Gasteiger partial charge on any atom is 0.304 e. The van der Waals surface area contributed by atoms with Crippen molar-refractivity contribution in [1.29, 1.82) is 0 Å². The molecule has 0 unspecified atom stereocenters. The first kappa shape index (κ1) is 14.3. The van der Waals surface area contributed by atoms with Crippen molar-refractivity contribution < 1.29 is 18.0 Å². The number of benzene rings is 1. The molecule has 6 nitrogen and oxygen atoms in total. The molecule has 0 spiro atoms. The second-order valence-electron chi connectivity index (χ2n) is 4.33. The Morgan fingerprint density at radius 1 is 1.47 bits per heavy atom. The highest BCUT2D eigenvalue weighted by Gasteiger charge is 2.30. The van der Waals surface area contributed by atoms with Crippen LogP contribution in [0, 0.1) is 0 Å². The predicted octanol–water partition coefficient (Wildman–Crippen LogP) is 1.01. The molecule has 7 heteroatoms. The Kier molecular flexibility index (Phi) is 4.41. The molecule has 0 N–H and O–H groups in total. The van der Waals surface area contributed by atoms with Gasteiger partial charge < -0.3 is 4.74 Å². The van der Waals surface area contributed by atoms with Crippen LogP contribution in [0.2, 0.25) is 0 Å². The summed E-state index contributed by atoms with van der Waals surface area (Å²) in [5.74, 6) is 0.709. The molecule has 0 aliphatic carbocycles. The lowest BCUT2D eigenvalue weighted by Crippen LogP contribution is -2.39. The normalized spacial score (nSPS) is 17.0. The van der Waals surface area contributed by atoms with E-state index in [0.29, 0.717) is 18.9 Å². The number of ether oxygens (including phenoxy) is 1. The van der Waals surface area contributed by atoms with Gasteiger partial charge in [0, 0.05) is 20.1 Å². The van der Waals surface area contributed by atoms with Crippen molar-refractivity contribution in [2.24, 2.45) is 0 Å². The predicted molar refractivity (Wildman–Crippen MR) is 70.7 cm³/mol. The second kappa shape index (κ2) is 5.87. The molecule has 0 amide bonds. The zero-order valence-electron chi connectivity index (χ0n) is 11.1. The monoisotopic (exact) mass is 286 g/mol. The summed E-state index contributed by atoms with van der Waals surface area (Å²) in [5.41, 5.74) is 0.865. The molecule has 2 rings (SSSR count). The molecular formula is C12H18N2O4S. The Balaban J connectivity index is 2.09. The van der Waals surface area contributed by atoms with E-state index in [1.165, 1.54) is 11.4 Å². The molecule has 1 aliphatic rings. The lowest BCUT2D eigenvalue weighted by atomic mass is 10.2. The first-order valence-corrected chi connectivity index (χ1v) is 7.43. The van der Waals surface area contributed by atoms with Gasteiger partial charge in [-0.3, -0.25) is 4.84 Å². The summed E-state index contributed by atoms with van der Waals surface area (Å²) in [4.78, 5) is 5.10. The smallest absolute Gasteiger partial charge is 0.304 e. The molecule has 1 fully saturated rings. The number of nitrogens with zero attached hydrogens (tertiary/aromatic N) is 2. The quantitative estimate of drug-likeness (QED) is 0.810. The van der Waals surface area contributed by atoms with Crippen LogP contribution in [0.3, 0.4) is 0 Å². The molecule has 0 bridgehead atoms. The van der Waals surface area contributed by atoms with Crippen molar-refractivity contribution in [1.82, 2.24) is 8.77 Å². The van der Waals surface area contributed by atoms with Gasteiger partial charge in [0.1, 0.15) is 5.75 Å². The molecule has 0 saturated carbocycles. The zero-order valence-corrected chi connectivity index (χ0v) is 11.9. The Morgan fingerprint density at radius 2 is 2.26 bits per heavy atom. The molecule has 0 atom stereocenters. The number of hydrogen-bond acceptors (Lipinski definition) is 4. The maximum absolute atomic E-state index is 12.2. The molecule has 19 heavy (non-hydrogen) atoms. The van der Waals surface area contributed by atoms with E-state index in [-0.39, 0.29) is 6.54 Å². The van der Waals surface area contributed by atoms with Gasteiger partial charge in [-0.15, -0.1) is 0 Å². The molecule has 0 radical (unpaired) electrons. The van der Waals surface area contributed by atoms with E-state index in [0.717, 1.165) is 16.5 Å². The molecular weight excluding hydrogens is 268 g/mol. The van der Waals surface area contributed by atoms with Crippen LogP contribution in [0.4, 0.5) is 0 Å². The van der Waals surface area contributed by atoms with Gasteiger partial charge in [0.15, 0.2) is 0 Å². The van der Waals surface area contributed by atoms with Crippen molar-refractivity contribution in [3.8, 4) is 5.75 Å². The minimum atomic E-state index is -3.55. The Labute approximate surface area is 113 Å². The van der Waals surface area contributed by atoms with Gasteiger partial charge in [-0.25, -0.2) is 0 Å². The van der Waals surface area contributed by atoms with E-state index in [9.17, 15) is 8.42 Å². The fourth-order valence-corrected chi connectivity index (χ4v) is 3.06. The summed E-state index contributed by atoms with van der Waals surface area (Å²) in [6.07, 6.45) is 0.728. The van der Waals surface area contributed by atoms with Crippen molar-refractivity contribution in [2.45, 2.75) is 13.0 Å². The van der Waals surface area contributed by atoms with E-state index >= 15 is 0 Å². The fourth-order valence-electron chi connectivity index (χ4n) is 1.87. The lowest BCUT2D eigenvalue weighted by Gasteiger charge is -2.22. The van der Waals surface area contributed by atoms with Crippen LogP contribution in [-0.2, 0) is 21.6 Å². The molecule has 1 aromatic carbocycles. The van der Waals surface area contributed by atoms with Crippen LogP contribution in [0.5, 0.6) is 5.75 Å². The summed E-state index contributed by atoms with van der Waals surface area (Å²) in [6.45, 7) is 1.14. The van der Waals surface area contributed by atoms with Gasteiger partial charge in [0.2, 0.25) is 0 Å². The molecule has 1 saturated heterocycles. The van der Waals surface area contributed by atoms with Crippen molar-refractivity contribution in [3.05, 3.63) is 29.8 Å². The van der Waals surface area contributed by atoms with E-state index in [4.69, 9.17) is 9.57 Å². The minimum Gasteiger partial charge on any atom is -0.497 e. The highest BCUT2D eigenvalue weighted by molar-refractivity contribution is 7.86. The Hall–Kier alpha value is -1.15. The fraction of sp³-hybridized carbons (Fsp3) is 0.500. The van der Waals surface area contributed by atoms with Crippen LogP contribution in [-0.4, -0.2) is 44.5 Å². The van der Waals surface area contributed by atoms with Crippen LogP contribution < -0.4 is 4.74 Å². The maximum atomic E-state index is 12.2. The van der Waals surface area contributed by atoms with Gasteiger partial charge in [-0.05, 0) is 24.1 Å². The summed E-state index contributed by atoms with van der Waals surface area (Å²) in [6, 6.07) is 7.33. The van der Waals surface area contributed by atoms with Gasteiger partial charge in [0.05, 0.1) is 13.7 Å². The van der Waals surface area contributed by atoms with Crippen molar-refractivity contribution in [3.63, 3.8) is 0 Å². The third-order valence-electron chi connectivity index (χ3n) is 2.91. The SMILES string of the molecule is COc1cccc(CN(C)S(=O)(=O)N2CCCO2)c1. The molecule has 1 heterocycles. The van der Waals surface area contributed by atoms with Gasteiger partial charge in [-0.1, -0.05) is 16.6 Å². The van der Waals surface area contributed by atoms with E-state index in [2.05, 4.69) is 0 Å². The van der Waals surface area contributed by atoms with E-state index < -0.39 is 10.2 Å². The summed E-state index contributed by atoms with van der Waals surface area (Å²) < 4.78 is 31.8. The first-order chi connectivity index (χ1) is 9.04. The molecule has 1 aliphatic heterocycles.